The lowest BCUT2D eigenvalue weighted by molar-refractivity contribution is 0.127. The van der Waals surface area contributed by atoms with Gasteiger partial charge < -0.3 is 25.4 Å². The van der Waals surface area contributed by atoms with Crippen molar-refractivity contribution < 1.29 is 9.84 Å². The summed E-state index contributed by atoms with van der Waals surface area (Å²) in [7, 11) is 4.12. The third-order valence-corrected chi connectivity index (χ3v) is 4.93. The first kappa shape index (κ1) is 20.5. The van der Waals surface area contributed by atoms with Gasteiger partial charge in [0.2, 0.25) is 0 Å². The van der Waals surface area contributed by atoms with Crippen molar-refractivity contribution >= 4 is 11.6 Å². The molecule has 0 amide bonds. The summed E-state index contributed by atoms with van der Waals surface area (Å²) in [5.41, 5.74) is 3.65. The molecule has 0 aromatic heterocycles. The van der Waals surface area contributed by atoms with Crippen molar-refractivity contribution in [3.05, 3.63) is 29.3 Å². The molecule has 26 heavy (non-hydrogen) atoms. The summed E-state index contributed by atoms with van der Waals surface area (Å²) in [6, 6.07) is 6.47. The van der Waals surface area contributed by atoms with Crippen LogP contribution in [0.25, 0.3) is 0 Å². The normalized spacial score (nSPS) is 20.3. The lowest BCUT2D eigenvalue weighted by atomic mass is 9.84. The van der Waals surface area contributed by atoms with Crippen LogP contribution in [-0.4, -0.2) is 58.1 Å². The van der Waals surface area contributed by atoms with E-state index in [2.05, 4.69) is 61.7 Å². The van der Waals surface area contributed by atoms with Gasteiger partial charge in [0, 0.05) is 51.5 Å². The Bertz CT molecular complexity index is 595. The van der Waals surface area contributed by atoms with E-state index in [1.807, 2.05) is 0 Å². The minimum absolute atomic E-state index is 0.00357. The number of aryl methyl sites for hydroxylation is 1. The van der Waals surface area contributed by atoms with Gasteiger partial charge in [0.25, 0.3) is 0 Å². The topological polar surface area (TPSA) is 69.1 Å². The van der Waals surface area contributed by atoms with Crippen molar-refractivity contribution in [2.75, 3.05) is 51.9 Å². The third kappa shape index (κ3) is 5.61. The molecular formula is C20H34N4O2. The smallest absolute Gasteiger partial charge is 0.191 e. The SMILES string of the molecule is CCNC(=NCc1ccc(C)cc1N(C)C)NCC1(CCO)CCOC1. The van der Waals surface area contributed by atoms with E-state index >= 15 is 0 Å². The number of aliphatic hydroxyl groups excluding tert-OH is 1. The Hall–Kier alpha value is -1.79. The molecule has 1 aromatic rings. The average Bonchev–Trinajstić information content (AvgIpc) is 3.07. The molecule has 146 valence electrons. The maximum Gasteiger partial charge on any atom is 0.191 e. The monoisotopic (exact) mass is 362 g/mol. The second-order valence-corrected chi connectivity index (χ2v) is 7.35. The number of ether oxygens (including phenoxy) is 1. The molecule has 1 saturated heterocycles. The van der Waals surface area contributed by atoms with E-state index in [9.17, 15) is 5.11 Å². The predicted octanol–water partition coefficient (Wildman–Crippen LogP) is 1.91. The molecule has 0 saturated carbocycles. The first-order chi connectivity index (χ1) is 12.5. The molecule has 0 spiro atoms. The van der Waals surface area contributed by atoms with Crippen LogP contribution in [0.2, 0.25) is 0 Å². The van der Waals surface area contributed by atoms with Gasteiger partial charge in [-0.15, -0.1) is 0 Å². The van der Waals surface area contributed by atoms with Crippen molar-refractivity contribution in [1.29, 1.82) is 0 Å². The fourth-order valence-corrected chi connectivity index (χ4v) is 3.31. The fraction of sp³-hybridized carbons (Fsp3) is 0.650. The summed E-state index contributed by atoms with van der Waals surface area (Å²) >= 11 is 0. The standard InChI is InChI=1S/C20H34N4O2/c1-5-21-19(23-14-20(8-10-25)9-11-26-15-20)22-13-17-7-6-16(2)12-18(17)24(3)4/h6-7,12,25H,5,8-11,13-15H2,1-4H3,(H2,21,22,23). The number of aliphatic hydroxyl groups is 1. The molecule has 1 unspecified atom stereocenters. The second-order valence-electron chi connectivity index (χ2n) is 7.35. The van der Waals surface area contributed by atoms with Crippen molar-refractivity contribution in [2.24, 2.45) is 10.4 Å². The number of anilines is 1. The van der Waals surface area contributed by atoms with Gasteiger partial charge in [-0.2, -0.15) is 0 Å². The molecular weight excluding hydrogens is 328 g/mol. The molecule has 1 aromatic carbocycles. The van der Waals surface area contributed by atoms with Crippen LogP contribution >= 0.6 is 0 Å². The van der Waals surface area contributed by atoms with Gasteiger partial charge in [0.05, 0.1) is 13.2 Å². The van der Waals surface area contributed by atoms with Crippen molar-refractivity contribution in [3.8, 4) is 0 Å². The van der Waals surface area contributed by atoms with Crippen LogP contribution in [0, 0.1) is 12.3 Å². The highest BCUT2D eigenvalue weighted by atomic mass is 16.5. The van der Waals surface area contributed by atoms with E-state index in [-0.39, 0.29) is 12.0 Å². The predicted molar refractivity (Wildman–Crippen MR) is 108 cm³/mol. The van der Waals surface area contributed by atoms with Crippen LogP contribution < -0.4 is 15.5 Å². The Morgan fingerprint density at radius 1 is 1.35 bits per heavy atom. The highest BCUT2D eigenvalue weighted by Crippen LogP contribution is 2.31. The van der Waals surface area contributed by atoms with Gasteiger partial charge in [0.1, 0.15) is 0 Å². The number of guanidine groups is 1. The van der Waals surface area contributed by atoms with E-state index in [4.69, 9.17) is 9.73 Å². The van der Waals surface area contributed by atoms with Gasteiger partial charge in [-0.05, 0) is 43.9 Å². The van der Waals surface area contributed by atoms with Crippen molar-refractivity contribution in [3.63, 3.8) is 0 Å². The number of aliphatic imine (C=N–C) groups is 1. The van der Waals surface area contributed by atoms with E-state index in [1.54, 1.807) is 0 Å². The maximum atomic E-state index is 9.38. The number of benzene rings is 1. The minimum atomic E-state index is 0.00357. The van der Waals surface area contributed by atoms with E-state index < -0.39 is 0 Å². The quantitative estimate of drug-likeness (QED) is 0.487. The highest BCUT2D eigenvalue weighted by molar-refractivity contribution is 5.80. The van der Waals surface area contributed by atoms with Crippen molar-refractivity contribution in [2.45, 2.75) is 33.2 Å². The molecule has 1 heterocycles. The van der Waals surface area contributed by atoms with Gasteiger partial charge >= 0.3 is 0 Å². The van der Waals surface area contributed by atoms with E-state index in [0.717, 1.165) is 38.5 Å². The molecule has 6 heteroatoms. The van der Waals surface area contributed by atoms with Crippen LogP contribution in [0.4, 0.5) is 5.69 Å². The Morgan fingerprint density at radius 3 is 2.77 bits per heavy atom. The largest absolute Gasteiger partial charge is 0.396 e. The number of hydrogen-bond acceptors (Lipinski definition) is 4. The molecule has 0 bridgehead atoms. The first-order valence-corrected chi connectivity index (χ1v) is 9.47. The van der Waals surface area contributed by atoms with Crippen LogP contribution in [0.1, 0.15) is 30.9 Å². The van der Waals surface area contributed by atoms with Crippen LogP contribution in [0.3, 0.4) is 0 Å². The molecule has 3 N–H and O–H groups in total. The van der Waals surface area contributed by atoms with E-state index in [0.29, 0.717) is 13.2 Å². The molecule has 1 fully saturated rings. The van der Waals surface area contributed by atoms with Crippen LogP contribution in [-0.2, 0) is 11.3 Å². The van der Waals surface area contributed by atoms with Crippen molar-refractivity contribution in [1.82, 2.24) is 10.6 Å². The molecule has 2 rings (SSSR count). The summed E-state index contributed by atoms with van der Waals surface area (Å²) in [4.78, 5) is 6.90. The summed E-state index contributed by atoms with van der Waals surface area (Å²) in [6.07, 6.45) is 1.73. The van der Waals surface area contributed by atoms with Gasteiger partial charge in [-0.1, -0.05) is 12.1 Å². The molecule has 1 aliphatic rings. The minimum Gasteiger partial charge on any atom is -0.396 e. The average molecular weight is 363 g/mol. The fourth-order valence-electron chi connectivity index (χ4n) is 3.31. The number of hydrogen-bond donors (Lipinski definition) is 3. The third-order valence-electron chi connectivity index (χ3n) is 4.93. The Balaban J connectivity index is 2.07. The van der Waals surface area contributed by atoms with Gasteiger partial charge in [-0.3, -0.25) is 0 Å². The molecule has 0 radical (unpaired) electrons. The zero-order valence-corrected chi connectivity index (χ0v) is 16.6. The van der Waals surface area contributed by atoms with Crippen LogP contribution in [0.5, 0.6) is 0 Å². The van der Waals surface area contributed by atoms with Gasteiger partial charge in [-0.25, -0.2) is 4.99 Å². The Kier molecular flexibility index (Phi) is 7.72. The lowest BCUT2D eigenvalue weighted by Crippen LogP contribution is -2.44. The van der Waals surface area contributed by atoms with Crippen LogP contribution in [0.15, 0.2) is 23.2 Å². The first-order valence-electron chi connectivity index (χ1n) is 9.47. The second kappa shape index (κ2) is 9.78. The number of nitrogens with one attached hydrogen (secondary N) is 2. The number of nitrogens with zero attached hydrogens (tertiary/aromatic N) is 2. The molecule has 0 aliphatic carbocycles. The Morgan fingerprint density at radius 2 is 2.15 bits per heavy atom. The summed E-state index contributed by atoms with van der Waals surface area (Å²) in [5, 5.41) is 16.2. The summed E-state index contributed by atoms with van der Waals surface area (Å²) in [5.74, 6) is 0.807. The van der Waals surface area contributed by atoms with E-state index in [1.165, 1.54) is 16.8 Å². The van der Waals surface area contributed by atoms with Gasteiger partial charge in [0.15, 0.2) is 5.96 Å². The Labute approximate surface area is 157 Å². The lowest BCUT2D eigenvalue weighted by Gasteiger charge is -2.27. The summed E-state index contributed by atoms with van der Waals surface area (Å²) in [6.45, 7) is 8.01. The molecule has 6 nitrogen and oxygen atoms in total. The maximum absolute atomic E-state index is 9.38. The molecule has 1 aliphatic heterocycles. The zero-order chi connectivity index (χ0) is 19.0. The highest BCUT2D eigenvalue weighted by Gasteiger charge is 2.34. The summed E-state index contributed by atoms with van der Waals surface area (Å²) < 4.78 is 5.57. The zero-order valence-electron chi connectivity index (χ0n) is 16.6. The molecule has 1 atom stereocenters. The number of rotatable bonds is 8.